The molecule has 2 N–H and O–H groups in total. The largest absolute Gasteiger partial charge is 0.386 e. The van der Waals surface area contributed by atoms with Gasteiger partial charge in [0.2, 0.25) is 11.6 Å². The summed E-state index contributed by atoms with van der Waals surface area (Å²) in [6, 6.07) is 15.1. The number of carbonyl (C=O) groups excluding carboxylic acids is 3. The summed E-state index contributed by atoms with van der Waals surface area (Å²) in [5.41, 5.74) is 3.60. The highest BCUT2D eigenvalue weighted by molar-refractivity contribution is 5.77. The van der Waals surface area contributed by atoms with Gasteiger partial charge in [-0.3, -0.25) is 14.4 Å². The van der Waals surface area contributed by atoms with E-state index in [9.17, 15) is 9.59 Å². The lowest BCUT2D eigenvalue weighted by atomic mass is 10.1. The van der Waals surface area contributed by atoms with E-state index in [0.29, 0.717) is 36.4 Å². The second-order valence-electron chi connectivity index (χ2n) is 9.62. The molecule has 0 spiro atoms. The molecule has 0 radical (unpaired) electrons. The van der Waals surface area contributed by atoms with E-state index in [1.54, 1.807) is 39.8 Å². The van der Waals surface area contributed by atoms with Gasteiger partial charge in [-0.05, 0) is 38.8 Å². The van der Waals surface area contributed by atoms with Gasteiger partial charge in [-0.15, -0.1) is 40.8 Å². The predicted octanol–water partition coefficient (Wildman–Crippen LogP) is 1.52. The Kier molecular flexibility index (Phi) is 16.3. The van der Waals surface area contributed by atoms with E-state index in [4.69, 9.17) is 15.5 Å². The van der Waals surface area contributed by atoms with Crippen molar-refractivity contribution in [2.45, 2.75) is 40.8 Å². The van der Waals surface area contributed by atoms with E-state index in [0.717, 1.165) is 28.5 Å². The molecule has 2 aromatic heterocycles. The first kappa shape index (κ1) is 37.5. The van der Waals surface area contributed by atoms with Crippen molar-refractivity contribution in [1.29, 1.82) is 0 Å². The molecule has 0 unspecified atom stereocenters. The van der Waals surface area contributed by atoms with Crippen LogP contribution in [0.3, 0.4) is 0 Å². The smallest absolute Gasteiger partial charge is 0.263 e. The minimum atomic E-state index is -0.183. The molecule has 0 aliphatic rings. The molecule has 17 nitrogen and oxygen atoms in total. The quantitative estimate of drug-likeness (QED) is 0.139. The maximum Gasteiger partial charge on any atom is 0.263 e. The summed E-state index contributed by atoms with van der Waals surface area (Å²) in [5.74, 6) is 6.54. The fourth-order valence-corrected chi connectivity index (χ4v) is 3.49. The zero-order valence-corrected chi connectivity index (χ0v) is 27.1. The number of nitrogens with zero attached hydrogens (tertiary/aromatic N) is 11. The number of amides is 2. The molecule has 0 atom stereocenters. The molecule has 2 heterocycles. The number of carbonyl (C=O) groups is 3. The number of aldehydes is 1. The van der Waals surface area contributed by atoms with Crippen LogP contribution in [-0.4, -0.2) is 102 Å². The van der Waals surface area contributed by atoms with Crippen LogP contribution in [0, 0.1) is 13.8 Å². The third-order valence-corrected chi connectivity index (χ3v) is 5.85. The van der Waals surface area contributed by atoms with Gasteiger partial charge in [0.15, 0.2) is 18.3 Å². The van der Waals surface area contributed by atoms with Gasteiger partial charge >= 0.3 is 0 Å². The van der Waals surface area contributed by atoms with Crippen LogP contribution in [0.4, 0.5) is 0 Å². The summed E-state index contributed by atoms with van der Waals surface area (Å²) in [6.07, 6.45) is 2.24. The van der Waals surface area contributed by atoms with E-state index < -0.39 is 0 Å². The number of benzene rings is 2. The zero-order chi connectivity index (χ0) is 34.6. The number of aromatic nitrogens is 8. The van der Waals surface area contributed by atoms with E-state index in [2.05, 4.69) is 50.8 Å². The van der Waals surface area contributed by atoms with Gasteiger partial charge in [0.25, 0.3) is 11.8 Å². The molecule has 0 aliphatic heterocycles. The van der Waals surface area contributed by atoms with E-state index in [1.807, 2.05) is 48.5 Å². The molecular weight excluding hydrogens is 608 g/mol. The molecule has 4 rings (SSSR count). The molecule has 2 amide bonds. The van der Waals surface area contributed by atoms with E-state index in [1.165, 1.54) is 18.0 Å². The summed E-state index contributed by atoms with van der Waals surface area (Å²) in [4.78, 5) is 44.5. The minimum absolute atomic E-state index is 0.0759. The first-order chi connectivity index (χ1) is 22.6. The maximum atomic E-state index is 11.8. The van der Waals surface area contributed by atoms with Crippen molar-refractivity contribution in [3.63, 3.8) is 0 Å². The van der Waals surface area contributed by atoms with Crippen molar-refractivity contribution in [3.05, 3.63) is 71.3 Å². The summed E-state index contributed by atoms with van der Waals surface area (Å²) in [6.45, 7) is 7.35. The monoisotopic (exact) mass is 646 g/mol. The highest BCUT2D eigenvalue weighted by atomic mass is 16.6. The van der Waals surface area contributed by atoms with Gasteiger partial charge in [0.05, 0.1) is 0 Å². The Morgan fingerprint density at radius 1 is 0.702 bits per heavy atom. The van der Waals surface area contributed by atoms with Crippen molar-refractivity contribution in [2.75, 3.05) is 27.3 Å². The van der Waals surface area contributed by atoms with Crippen LogP contribution in [-0.2, 0) is 37.1 Å². The summed E-state index contributed by atoms with van der Waals surface area (Å²) < 4.78 is 0. The summed E-state index contributed by atoms with van der Waals surface area (Å²) in [5, 5.41) is 35.0. The van der Waals surface area contributed by atoms with Gasteiger partial charge in [-0.2, -0.15) is 0 Å². The Morgan fingerprint density at radius 3 is 1.40 bits per heavy atom. The first-order valence-corrected chi connectivity index (χ1v) is 14.2. The van der Waals surface area contributed by atoms with Crippen LogP contribution >= 0.6 is 0 Å². The molecule has 0 bridgehead atoms. The van der Waals surface area contributed by atoms with Crippen molar-refractivity contribution in [1.82, 2.24) is 50.6 Å². The molecule has 0 fully saturated rings. The fraction of sp³-hybridized carbons (Fsp3) is 0.333. The third-order valence-electron chi connectivity index (χ3n) is 5.85. The van der Waals surface area contributed by atoms with Gasteiger partial charge in [0, 0.05) is 44.5 Å². The van der Waals surface area contributed by atoms with Gasteiger partial charge in [0.1, 0.15) is 12.9 Å². The molecule has 17 heteroatoms. The van der Waals surface area contributed by atoms with Crippen LogP contribution in [0.5, 0.6) is 0 Å². The predicted molar refractivity (Wildman–Crippen MR) is 171 cm³/mol. The van der Waals surface area contributed by atoms with Crippen LogP contribution in [0.25, 0.3) is 22.8 Å². The lowest BCUT2D eigenvalue weighted by Gasteiger charge is -2.16. The lowest BCUT2D eigenvalue weighted by molar-refractivity contribution is -0.136. The highest BCUT2D eigenvalue weighted by Gasteiger charge is 2.11. The SMILES string of the molecule is CC=NOCC(=O)N(C)Cc1ccc(-c2nnc(C)nn2)cc1.CC=O.Cc1nnc(-c2ccc(CN(C)C(=O)CON)cc2)nn1. The van der Waals surface area contributed by atoms with E-state index >= 15 is 0 Å². The Bertz CT molecular complexity index is 1550. The minimum Gasteiger partial charge on any atom is -0.386 e. The topological polar surface area (TPSA) is 218 Å². The Balaban J connectivity index is 0.000000303. The maximum absolute atomic E-state index is 11.8. The number of nitrogens with two attached hydrogens (primary N) is 1. The Morgan fingerprint density at radius 2 is 1.06 bits per heavy atom. The van der Waals surface area contributed by atoms with Crippen LogP contribution < -0.4 is 5.90 Å². The second-order valence-corrected chi connectivity index (χ2v) is 9.62. The molecule has 248 valence electrons. The molecule has 47 heavy (non-hydrogen) atoms. The lowest BCUT2D eigenvalue weighted by Crippen LogP contribution is -2.30. The normalized spacial score (nSPS) is 10.2. The Hall–Kier alpha value is -5.68. The van der Waals surface area contributed by atoms with Gasteiger partial charge in [-0.25, -0.2) is 5.90 Å². The standard InChI is InChI=1S/C15H18N6O2.C13H16N6O2.C2H4O/c1-4-16-23-10-14(22)21(3)9-12-5-7-13(8-6-12)15-19-17-11(2)18-20-15;1-9-15-17-13(18-16-9)11-5-3-10(4-6-11)7-19(2)12(20)8-21-14;1-2-3/h4-8H,9-10H2,1-3H3;3-6H,7-8,14H2,1-2H3;2H,1H3. The first-order valence-electron chi connectivity index (χ1n) is 14.2. The highest BCUT2D eigenvalue weighted by Crippen LogP contribution is 2.16. The molecular formula is C30H38N12O5. The molecule has 0 saturated heterocycles. The Labute approximate surface area is 272 Å². The van der Waals surface area contributed by atoms with Gasteiger partial charge in [-0.1, -0.05) is 53.7 Å². The average molecular weight is 647 g/mol. The van der Waals surface area contributed by atoms with E-state index in [-0.39, 0.29) is 25.0 Å². The number of aryl methyl sites for hydroxylation is 2. The zero-order valence-electron chi connectivity index (χ0n) is 27.1. The third kappa shape index (κ3) is 13.5. The van der Waals surface area contributed by atoms with Crippen molar-refractivity contribution < 1.29 is 24.1 Å². The number of hydrogen-bond acceptors (Lipinski definition) is 15. The van der Waals surface area contributed by atoms with Crippen LogP contribution in [0.2, 0.25) is 0 Å². The van der Waals surface area contributed by atoms with Crippen molar-refractivity contribution >= 4 is 24.3 Å². The van der Waals surface area contributed by atoms with Crippen molar-refractivity contribution in [2.24, 2.45) is 11.1 Å². The molecule has 0 saturated carbocycles. The fourth-order valence-electron chi connectivity index (χ4n) is 3.49. The van der Waals surface area contributed by atoms with Crippen LogP contribution in [0.15, 0.2) is 53.7 Å². The number of rotatable bonds is 11. The number of hydrogen-bond donors (Lipinski definition) is 1. The molecule has 0 aliphatic carbocycles. The van der Waals surface area contributed by atoms with Gasteiger partial charge < -0.3 is 19.4 Å². The second kappa shape index (κ2) is 20.4. The number of likely N-dealkylation sites (N-methyl/N-ethyl adjacent to an activating group) is 2. The summed E-state index contributed by atoms with van der Waals surface area (Å²) in [7, 11) is 3.40. The van der Waals surface area contributed by atoms with Crippen LogP contribution in [0.1, 0.15) is 36.6 Å². The van der Waals surface area contributed by atoms with Crippen molar-refractivity contribution in [3.8, 4) is 22.8 Å². The average Bonchev–Trinajstić information content (AvgIpc) is 3.07. The molecule has 2 aromatic carbocycles. The number of oxime groups is 1. The summed E-state index contributed by atoms with van der Waals surface area (Å²) >= 11 is 0. The molecule has 4 aromatic rings.